The van der Waals surface area contributed by atoms with Gasteiger partial charge in [0.05, 0.1) is 0 Å². The van der Waals surface area contributed by atoms with Gasteiger partial charge in [0.1, 0.15) is 0 Å². The Kier molecular flexibility index (Phi) is 24.1. The topological polar surface area (TPSA) is 0 Å². The molecule has 0 N–H and O–H groups in total. The van der Waals surface area contributed by atoms with E-state index >= 15 is 0 Å². The maximum atomic E-state index is 2.32. The first-order chi connectivity index (χ1) is 11.0. The molecule has 0 saturated carbocycles. The maximum Gasteiger partial charge on any atom is -0.0471 e. The fourth-order valence-electron chi connectivity index (χ4n) is 2.84. The summed E-state index contributed by atoms with van der Waals surface area (Å²) >= 11 is 0. The highest BCUT2D eigenvalue weighted by atomic mass is 14.0. The summed E-state index contributed by atoms with van der Waals surface area (Å²) < 4.78 is 0. The van der Waals surface area contributed by atoms with Crippen LogP contribution in [-0.2, 0) is 0 Å². The molecule has 0 aromatic rings. The molecule has 0 atom stereocenters. The minimum atomic E-state index is 0.903. The third-order valence-corrected chi connectivity index (χ3v) is 4.52. The molecule has 0 amide bonds. The van der Waals surface area contributed by atoms with Crippen molar-refractivity contribution in [2.24, 2.45) is 11.8 Å². The number of unbranched alkanes of at least 4 members (excludes halogenated alkanes) is 11. The van der Waals surface area contributed by atoms with Crippen molar-refractivity contribution >= 4 is 0 Å². The van der Waals surface area contributed by atoms with Crippen LogP contribution in [0, 0.1) is 11.8 Å². The molecule has 23 heavy (non-hydrogen) atoms. The van der Waals surface area contributed by atoms with Crippen LogP contribution in [0.5, 0.6) is 0 Å². The first kappa shape index (κ1) is 25.2. The van der Waals surface area contributed by atoms with Crippen molar-refractivity contribution in [2.75, 3.05) is 0 Å². The van der Waals surface area contributed by atoms with Gasteiger partial charge < -0.3 is 0 Å². The molecule has 0 aliphatic heterocycles. The molecule has 0 aromatic carbocycles. The Hall–Kier alpha value is 0. The average Bonchev–Trinajstić information content (AvgIpc) is 2.50. The number of rotatable bonds is 15. The summed E-state index contributed by atoms with van der Waals surface area (Å²) in [5.74, 6) is 1.81. The van der Waals surface area contributed by atoms with Crippen LogP contribution < -0.4 is 0 Å². The van der Waals surface area contributed by atoms with Crippen molar-refractivity contribution in [3.05, 3.63) is 0 Å². The van der Waals surface area contributed by atoms with Crippen molar-refractivity contribution in [3.63, 3.8) is 0 Å². The summed E-state index contributed by atoms with van der Waals surface area (Å²) in [6.45, 7) is 13.8. The van der Waals surface area contributed by atoms with E-state index in [1.807, 2.05) is 0 Å². The fraction of sp³-hybridized carbons (Fsp3) is 1.00. The van der Waals surface area contributed by atoms with Crippen molar-refractivity contribution in [1.82, 2.24) is 0 Å². The third-order valence-electron chi connectivity index (χ3n) is 4.52. The Balaban J connectivity index is 0. The van der Waals surface area contributed by atoms with Gasteiger partial charge in [0.2, 0.25) is 0 Å². The summed E-state index contributed by atoms with van der Waals surface area (Å²) in [4.78, 5) is 0. The van der Waals surface area contributed by atoms with E-state index in [0.29, 0.717) is 0 Å². The second kappa shape index (κ2) is 22.0. The molecule has 142 valence electrons. The molecule has 0 heteroatoms. The van der Waals surface area contributed by atoms with Gasteiger partial charge in [0, 0.05) is 0 Å². The molecule has 0 aliphatic carbocycles. The van der Waals surface area contributed by atoms with Crippen LogP contribution in [0.2, 0.25) is 0 Å². The van der Waals surface area contributed by atoms with E-state index in [2.05, 4.69) is 41.5 Å². The molecular formula is C23H50. The number of hydrogen-bond acceptors (Lipinski definition) is 0. The van der Waals surface area contributed by atoms with Crippen LogP contribution in [0.4, 0.5) is 0 Å². The normalized spacial score (nSPS) is 11.0. The summed E-state index contributed by atoms with van der Waals surface area (Å²) in [5.41, 5.74) is 0. The Morgan fingerprint density at radius 3 is 0.913 bits per heavy atom. The molecule has 0 heterocycles. The molecule has 0 bridgehead atoms. The molecule has 0 saturated heterocycles. The van der Waals surface area contributed by atoms with Gasteiger partial charge in [-0.05, 0) is 11.8 Å². The molecule has 0 aliphatic rings. The molecule has 0 spiro atoms. The van der Waals surface area contributed by atoms with Crippen molar-refractivity contribution < 1.29 is 0 Å². The second-order valence-electron chi connectivity index (χ2n) is 8.25. The lowest BCUT2D eigenvalue weighted by Gasteiger charge is -2.03. The van der Waals surface area contributed by atoms with E-state index in [9.17, 15) is 0 Å². The predicted octanol–water partition coefficient (Wildman–Crippen LogP) is 9.18. The van der Waals surface area contributed by atoms with Gasteiger partial charge in [-0.25, -0.2) is 0 Å². The molecule has 0 rings (SSSR count). The van der Waals surface area contributed by atoms with Crippen LogP contribution >= 0.6 is 0 Å². The van der Waals surface area contributed by atoms with E-state index < -0.39 is 0 Å². The lowest BCUT2D eigenvalue weighted by atomic mass is 10.0. The van der Waals surface area contributed by atoms with Crippen molar-refractivity contribution in [1.29, 1.82) is 0 Å². The average molecular weight is 327 g/mol. The van der Waals surface area contributed by atoms with Crippen LogP contribution in [0.25, 0.3) is 0 Å². The first-order valence-corrected chi connectivity index (χ1v) is 11.0. The smallest absolute Gasteiger partial charge is 0.0471 e. The van der Waals surface area contributed by atoms with Gasteiger partial charge in [0.15, 0.2) is 0 Å². The quantitative estimate of drug-likeness (QED) is 0.263. The lowest BCUT2D eigenvalue weighted by Crippen LogP contribution is -1.87. The predicted molar refractivity (Wildman–Crippen MR) is 110 cm³/mol. The van der Waals surface area contributed by atoms with Gasteiger partial charge >= 0.3 is 0 Å². The third kappa shape index (κ3) is 30.4. The highest BCUT2D eigenvalue weighted by molar-refractivity contribution is 4.49. The SMILES string of the molecule is CCCCCCCCC(C)C.CCCCCCCCCC(C)C. The molecule has 0 nitrogen and oxygen atoms in total. The van der Waals surface area contributed by atoms with Gasteiger partial charge in [-0.2, -0.15) is 0 Å². The molecule has 0 radical (unpaired) electrons. The highest BCUT2D eigenvalue weighted by Crippen LogP contribution is 2.12. The van der Waals surface area contributed by atoms with Crippen LogP contribution in [0.1, 0.15) is 138 Å². The Morgan fingerprint density at radius 2 is 0.652 bits per heavy atom. The zero-order valence-corrected chi connectivity index (χ0v) is 17.8. The van der Waals surface area contributed by atoms with Gasteiger partial charge in [-0.1, -0.05) is 138 Å². The highest BCUT2D eigenvalue weighted by Gasteiger charge is 1.94. The van der Waals surface area contributed by atoms with E-state index in [-0.39, 0.29) is 0 Å². The summed E-state index contributed by atoms with van der Waals surface area (Å²) in [7, 11) is 0. The minimum Gasteiger partial charge on any atom is -0.0654 e. The number of hydrogen-bond donors (Lipinski definition) is 0. The standard InChI is InChI=1S/C12H26.C11H24/c1-4-5-6-7-8-9-10-11-12(2)3;1-4-5-6-7-8-9-10-11(2)3/h12H,4-11H2,1-3H3;11H,4-10H2,1-3H3. The molecule has 0 aromatic heterocycles. The summed E-state index contributed by atoms with van der Waals surface area (Å²) in [5, 5.41) is 0. The maximum absolute atomic E-state index is 2.32. The molecule has 0 fully saturated rings. The van der Waals surface area contributed by atoms with E-state index in [1.54, 1.807) is 0 Å². The molecule has 0 unspecified atom stereocenters. The Bertz CT molecular complexity index is 180. The van der Waals surface area contributed by atoms with E-state index in [4.69, 9.17) is 0 Å². The Labute approximate surface area is 150 Å². The summed E-state index contributed by atoms with van der Waals surface area (Å²) in [6.07, 6.45) is 21.6. The fourth-order valence-corrected chi connectivity index (χ4v) is 2.84. The molecular weight excluding hydrogens is 276 g/mol. The van der Waals surface area contributed by atoms with Crippen LogP contribution in [-0.4, -0.2) is 0 Å². The zero-order chi connectivity index (χ0) is 17.8. The lowest BCUT2D eigenvalue weighted by molar-refractivity contribution is 0.511. The Morgan fingerprint density at radius 1 is 0.391 bits per heavy atom. The van der Waals surface area contributed by atoms with Crippen molar-refractivity contribution in [2.45, 2.75) is 138 Å². The van der Waals surface area contributed by atoms with E-state index in [0.717, 1.165) is 11.8 Å². The van der Waals surface area contributed by atoms with Gasteiger partial charge in [0.25, 0.3) is 0 Å². The summed E-state index contributed by atoms with van der Waals surface area (Å²) in [6, 6.07) is 0. The monoisotopic (exact) mass is 326 g/mol. The van der Waals surface area contributed by atoms with E-state index in [1.165, 1.54) is 96.3 Å². The zero-order valence-electron chi connectivity index (χ0n) is 17.8. The largest absolute Gasteiger partial charge is 0.0654 e. The van der Waals surface area contributed by atoms with Crippen LogP contribution in [0.15, 0.2) is 0 Å². The second-order valence-corrected chi connectivity index (χ2v) is 8.25. The first-order valence-electron chi connectivity index (χ1n) is 11.0. The minimum absolute atomic E-state index is 0.903. The van der Waals surface area contributed by atoms with Gasteiger partial charge in [-0.15, -0.1) is 0 Å². The van der Waals surface area contributed by atoms with Crippen molar-refractivity contribution in [3.8, 4) is 0 Å². The van der Waals surface area contributed by atoms with Gasteiger partial charge in [-0.3, -0.25) is 0 Å². The van der Waals surface area contributed by atoms with Crippen LogP contribution in [0.3, 0.4) is 0 Å².